The Kier molecular flexibility index (Phi) is 8.41. The summed E-state index contributed by atoms with van der Waals surface area (Å²) < 4.78 is 64.1. The Morgan fingerprint density at radius 1 is 0.862 bits per heavy atom. The summed E-state index contributed by atoms with van der Waals surface area (Å²) in [6, 6.07) is 7.36. The second-order valence-corrected chi connectivity index (χ2v) is 7.86. The maximum atomic E-state index is 11.8. The van der Waals surface area contributed by atoms with Crippen LogP contribution in [0, 0.1) is 0 Å². The van der Waals surface area contributed by atoms with E-state index in [2.05, 4.69) is 20.1 Å². The average Bonchev–Trinajstić information content (AvgIpc) is 2.60. The minimum atomic E-state index is -4.87. The molecule has 2 aromatic rings. The van der Waals surface area contributed by atoms with Gasteiger partial charge in [-0.25, -0.2) is 0 Å². The van der Waals surface area contributed by atoms with Gasteiger partial charge in [-0.1, -0.05) is 46.6 Å². The van der Waals surface area contributed by atoms with Crippen molar-refractivity contribution >= 4 is 43.8 Å². The van der Waals surface area contributed by atoms with Gasteiger partial charge in [-0.3, -0.25) is 9.11 Å². The van der Waals surface area contributed by atoms with Crippen LogP contribution in [-0.4, -0.2) is 25.9 Å². The Bertz CT molecular complexity index is 1270. The van der Waals surface area contributed by atoms with Crippen molar-refractivity contribution in [2.45, 2.75) is 9.79 Å². The summed E-state index contributed by atoms with van der Waals surface area (Å²) in [5, 5.41) is 6.42. The summed E-state index contributed by atoms with van der Waals surface area (Å²) in [4.78, 5) is 3.89. The predicted octanol–water partition coefficient (Wildman–Crippen LogP) is 1.35. The van der Waals surface area contributed by atoms with E-state index in [0.717, 1.165) is 12.1 Å². The zero-order chi connectivity index (χ0) is 20.9. The van der Waals surface area contributed by atoms with Crippen LogP contribution in [0.3, 0.4) is 0 Å². The molecule has 15 heteroatoms. The molecule has 0 atom stereocenters. The molecular formula is C14H11N6NaO6S2. The molecule has 0 aliphatic rings. The molecule has 29 heavy (non-hydrogen) atoms. The summed E-state index contributed by atoms with van der Waals surface area (Å²) in [5.74, 6) is 0. The summed E-state index contributed by atoms with van der Waals surface area (Å²) in [6.07, 6.45) is 2.63. The molecule has 0 bridgehead atoms. The number of azide groups is 2. The molecule has 0 fully saturated rings. The fourth-order valence-corrected chi connectivity index (χ4v) is 3.49. The van der Waals surface area contributed by atoms with Gasteiger partial charge in [0.05, 0.1) is 10.6 Å². The van der Waals surface area contributed by atoms with E-state index < -0.39 is 30.8 Å². The van der Waals surface area contributed by atoms with Crippen LogP contribution < -0.4 is 29.6 Å². The quantitative estimate of drug-likeness (QED) is 0.167. The minimum Gasteiger partial charge on any atom is -1.00 e. The molecule has 0 aliphatic carbocycles. The average molecular weight is 446 g/mol. The van der Waals surface area contributed by atoms with Crippen molar-refractivity contribution in [3.8, 4) is 0 Å². The summed E-state index contributed by atoms with van der Waals surface area (Å²) >= 11 is 0. The first-order chi connectivity index (χ1) is 13.1. The van der Waals surface area contributed by atoms with E-state index >= 15 is 0 Å². The smallest absolute Gasteiger partial charge is 1.00 e. The molecule has 0 unspecified atom stereocenters. The Hall–Kier alpha value is -2.38. The number of hydrogen-bond acceptors (Lipinski definition) is 6. The van der Waals surface area contributed by atoms with Gasteiger partial charge < -0.3 is 1.43 Å². The predicted molar refractivity (Wildman–Crippen MR) is 100 cm³/mol. The molecule has 146 valence electrons. The molecule has 2 rings (SSSR count). The fourth-order valence-electron chi connectivity index (χ4n) is 2.19. The van der Waals surface area contributed by atoms with Gasteiger partial charge in [0.15, 0.2) is 0 Å². The number of nitrogens with zero attached hydrogens (tertiary/aromatic N) is 6. The second-order valence-electron chi connectivity index (χ2n) is 5.08. The maximum Gasteiger partial charge on any atom is 1.00 e. The third kappa shape index (κ3) is 6.30. The maximum absolute atomic E-state index is 11.8. The second kappa shape index (κ2) is 9.89. The minimum absolute atomic E-state index is 0. The molecule has 0 radical (unpaired) electrons. The van der Waals surface area contributed by atoms with E-state index in [1.165, 1.54) is 36.4 Å². The Morgan fingerprint density at radius 2 is 1.45 bits per heavy atom. The van der Waals surface area contributed by atoms with Crippen LogP contribution in [-0.2, 0) is 20.2 Å². The molecule has 2 N–H and O–H groups in total. The van der Waals surface area contributed by atoms with Crippen LogP contribution in [0.5, 0.6) is 0 Å². The molecule has 0 spiro atoms. The molecule has 12 nitrogen and oxygen atoms in total. The SMILES string of the molecule is [H-].[N-]=[N+]=Nc1ccc(C=Cc2ccc(S(=O)(=O)O)cc2)c(S(=O)(=O)O)c1N=[N+]=[N-].[Na+]. The standard InChI is InChI=1S/C14H10N6O6S2.Na.H/c15-19-17-12-8-5-10(14(28(24,25)26)13(12)18-20-16)4-1-9-2-6-11(7-3-9)27(21,22)23;;/h1-8H,(H,21,22,23)(H,24,25,26);;/q;+1;-1. The van der Waals surface area contributed by atoms with Gasteiger partial charge in [-0.15, -0.1) is 0 Å². The van der Waals surface area contributed by atoms with Gasteiger partial charge in [-0.2, -0.15) is 16.8 Å². The van der Waals surface area contributed by atoms with Crippen LogP contribution in [0.15, 0.2) is 56.4 Å². The first-order valence-corrected chi connectivity index (χ1v) is 9.96. The monoisotopic (exact) mass is 446 g/mol. The van der Waals surface area contributed by atoms with E-state index in [1.54, 1.807) is 0 Å². The molecule has 0 saturated carbocycles. The Labute approximate surface area is 188 Å². The normalized spacial score (nSPS) is 11.2. The van der Waals surface area contributed by atoms with Crippen LogP contribution in [0.2, 0.25) is 0 Å². The third-order valence-corrected chi connectivity index (χ3v) is 5.14. The molecule has 0 amide bonds. The zero-order valence-corrected chi connectivity index (χ0v) is 18.3. The van der Waals surface area contributed by atoms with Gasteiger partial charge in [-0.05, 0) is 34.3 Å². The number of rotatable bonds is 6. The molecule has 0 aromatic heterocycles. The van der Waals surface area contributed by atoms with E-state index in [4.69, 9.17) is 15.6 Å². The first kappa shape index (κ1) is 24.7. The van der Waals surface area contributed by atoms with Gasteiger partial charge in [0.25, 0.3) is 20.2 Å². The summed E-state index contributed by atoms with van der Waals surface area (Å²) in [5.41, 5.74) is 16.7. The molecule has 0 aliphatic heterocycles. The molecule has 0 heterocycles. The molecule has 0 saturated heterocycles. The van der Waals surface area contributed by atoms with Crippen LogP contribution in [0.1, 0.15) is 12.6 Å². The van der Waals surface area contributed by atoms with Crippen LogP contribution >= 0.6 is 0 Å². The topological polar surface area (TPSA) is 206 Å². The van der Waals surface area contributed by atoms with Crippen molar-refractivity contribution < 1.29 is 56.9 Å². The van der Waals surface area contributed by atoms with Crippen LogP contribution in [0.4, 0.5) is 11.4 Å². The van der Waals surface area contributed by atoms with Gasteiger partial charge in [0, 0.05) is 15.5 Å². The first-order valence-electron chi connectivity index (χ1n) is 7.08. The van der Waals surface area contributed by atoms with Gasteiger partial charge >= 0.3 is 29.6 Å². The largest absolute Gasteiger partial charge is 1.00 e. The number of benzene rings is 2. The third-order valence-electron chi connectivity index (χ3n) is 3.33. The van der Waals surface area contributed by atoms with Crippen molar-refractivity contribution in [1.82, 2.24) is 0 Å². The van der Waals surface area contributed by atoms with Crippen molar-refractivity contribution in [1.29, 1.82) is 0 Å². The summed E-state index contributed by atoms with van der Waals surface area (Å²) in [6.45, 7) is 0. The number of hydrogen-bond donors (Lipinski definition) is 2. The Morgan fingerprint density at radius 3 is 1.93 bits per heavy atom. The van der Waals surface area contributed by atoms with Crippen molar-refractivity contribution in [2.75, 3.05) is 0 Å². The fraction of sp³-hybridized carbons (Fsp3) is 0. The van der Waals surface area contributed by atoms with E-state index in [-0.39, 0.29) is 47.1 Å². The van der Waals surface area contributed by atoms with Gasteiger partial charge in [0.2, 0.25) is 0 Å². The van der Waals surface area contributed by atoms with E-state index in [1.807, 2.05) is 0 Å². The molecular weight excluding hydrogens is 435 g/mol. The van der Waals surface area contributed by atoms with Crippen molar-refractivity contribution in [3.63, 3.8) is 0 Å². The van der Waals surface area contributed by atoms with E-state index in [9.17, 15) is 21.4 Å². The Balaban J connectivity index is 0.00000420. The summed E-state index contributed by atoms with van der Waals surface area (Å²) in [7, 11) is -9.23. The van der Waals surface area contributed by atoms with E-state index in [0.29, 0.717) is 5.56 Å². The van der Waals surface area contributed by atoms with Crippen LogP contribution in [0.25, 0.3) is 33.0 Å². The van der Waals surface area contributed by atoms with Gasteiger partial charge in [0.1, 0.15) is 4.90 Å². The van der Waals surface area contributed by atoms with Crippen molar-refractivity contribution in [3.05, 3.63) is 68.4 Å². The zero-order valence-electron chi connectivity index (χ0n) is 15.6. The van der Waals surface area contributed by atoms with Crippen molar-refractivity contribution in [2.24, 2.45) is 10.2 Å². The molecule has 2 aromatic carbocycles.